The van der Waals surface area contributed by atoms with E-state index >= 15 is 0 Å². The fraction of sp³-hybridized carbons (Fsp3) is 0.480. The Morgan fingerprint density at radius 2 is 1.75 bits per heavy atom. The smallest absolute Gasteiger partial charge is 0.410 e. The zero-order valence-corrected chi connectivity index (χ0v) is 18.8. The summed E-state index contributed by atoms with van der Waals surface area (Å²) in [7, 11) is 0. The summed E-state index contributed by atoms with van der Waals surface area (Å²) in [6, 6.07) is 11.6. The lowest BCUT2D eigenvalue weighted by Crippen LogP contribution is -2.49. The van der Waals surface area contributed by atoms with Crippen molar-refractivity contribution in [1.29, 1.82) is 0 Å². The molecule has 4 rings (SSSR count). The van der Waals surface area contributed by atoms with Gasteiger partial charge in [-0.15, -0.1) is 0 Å². The second-order valence-electron chi connectivity index (χ2n) is 8.67. The van der Waals surface area contributed by atoms with Gasteiger partial charge in [0.2, 0.25) is 5.91 Å². The monoisotopic (exact) mass is 436 g/mol. The molecule has 0 radical (unpaired) electrons. The van der Waals surface area contributed by atoms with Crippen molar-refractivity contribution in [3.63, 3.8) is 0 Å². The molecule has 170 valence electrons. The SMILES string of the molecule is CC(=O)N(c1ccc(OC(=O)N2CCN(Cc3cccnc3)CC2)cc1)C1CCCCC1. The van der Waals surface area contributed by atoms with Crippen LogP contribution in [0.4, 0.5) is 10.5 Å². The molecule has 0 atom stereocenters. The molecule has 2 heterocycles. The molecule has 0 unspecified atom stereocenters. The molecule has 2 aliphatic rings. The highest BCUT2D eigenvalue weighted by atomic mass is 16.6. The van der Waals surface area contributed by atoms with Crippen LogP contribution in [-0.4, -0.2) is 59.0 Å². The fourth-order valence-electron chi connectivity index (χ4n) is 4.67. The first-order valence-electron chi connectivity index (χ1n) is 11.6. The molecule has 7 nitrogen and oxygen atoms in total. The van der Waals surface area contributed by atoms with Gasteiger partial charge in [-0.2, -0.15) is 0 Å². The van der Waals surface area contributed by atoms with Crippen LogP contribution in [-0.2, 0) is 11.3 Å². The van der Waals surface area contributed by atoms with Gasteiger partial charge in [0.1, 0.15) is 5.75 Å². The number of hydrogen-bond donors (Lipinski definition) is 0. The third-order valence-corrected chi connectivity index (χ3v) is 6.36. The number of nitrogens with zero attached hydrogens (tertiary/aromatic N) is 4. The van der Waals surface area contributed by atoms with Gasteiger partial charge in [-0.3, -0.25) is 14.7 Å². The van der Waals surface area contributed by atoms with E-state index in [0.717, 1.165) is 38.2 Å². The van der Waals surface area contributed by atoms with Gasteiger partial charge in [-0.1, -0.05) is 25.3 Å². The maximum absolute atomic E-state index is 12.6. The van der Waals surface area contributed by atoms with Gasteiger partial charge in [0.05, 0.1) is 0 Å². The van der Waals surface area contributed by atoms with Gasteiger partial charge in [0.25, 0.3) is 0 Å². The van der Waals surface area contributed by atoms with Gasteiger partial charge in [0, 0.05) is 63.8 Å². The van der Waals surface area contributed by atoms with Gasteiger partial charge >= 0.3 is 6.09 Å². The van der Waals surface area contributed by atoms with Crippen molar-refractivity contribution in [1.82, 2.24) is 14.8 Å². The molecule has 32 heavy (non-hydrogen) atoms. The molecular formula is C25H32N4O3. The molecule has 1 aliphatic heterocycles. The first-order valence-corrected chi connectivity index (χ1v) is 11.6. The number of piperazine rings is 1. The van der Waals surface area contributed by atoms with E-state index in [-0.39, 0.29) is 18.0 Å². The Bertz CT molecular complexity index is 889. The van der Waals surface area contributed by atoms with E-state index in [1.807, 2.05) is 29.3 Å². The molecule has 2 amide bonds. The molecule has 2 aromatic rings. The maximum Gasteiger partial charge on any atom is 0.415 e. The summed E-state index contributed by atoms with van der Waals surface area (Å²) >= 11 is 0. The first kappa shape index (κ1) is 22.3. The summed E-state index contributed by atoms with van der Waals surface area (Å²) < 4.78 is 5.60. The second kappa shape index (κ2) is 10.6. The molecule has 1 aliphatic carbocycles. The van der Waals surface area contributed by atoms with Crippen molar-refractivity contribution >= 4 is 17.7 Å². The molecule has 0 N–H and O–H groups in total. The van der Waals surface area contributed by atoms with Crippen molar-refractivity contribution < 1.29 is 14.3 Å². The quantitative estimate of drug-likeness (QED) is 0.707. The Balaban J connectivity index is 1.29. The predicted molar refractivity (Wildman–Crippen MR) is 124 cm³/mol. The molecule has 7 heteroatoms. The Labute approximate surface area is 190 Å². The molecule has 2 fully saturated rings. The summed E-state index contributed by atoms with van der Waals surface area (Å²) in [6.07, 6.45) is 9.00. The molecule has 0 spiro atoms. The van der Waals surface area contributed by atoms with Crippen LogP contribution in [0.15, 0.2) is 48.8 Å². The number of benzene rings is 1. The van der Waals surface area contributed by atoms with Crippen LogP contribution < -0.4 is 9.64 Å². The highest BCUT2D eigenvalue weighted by Crippen LogP contribution is 2.29. The normalized spacial score (nSPS) is 17.7. The average molecular weight is 437 g/mol. The van der Waals surface area contributed by atoms with E-state index in [1.54, 1.807) is 30.2 Å². The average Bonchev–Trinajstić information content (AvgIpc) is 2.82. The molecular weight excluding hydrogens is 404 g/mol. The number of pyridine rings is 1. The molecule has 0 bridgehead atoms. The van der Waals surface area contributed by atoms with E-state index in [4.69, 9.17) is 4.74 Å². The summed E-state index contributed by atoms with van der Waals surface area (Å²) in [4.78, 5) is 35.0. The van der Waals surface area contributed by atoms with Crippen molar-refractivity contribution in [2.24, 2.45) is 0 Å². The predicted octanol–water partition coefficient (Wildman–Crippen LogP) is 4.08. The van der Waals surface area contributed by atoms with Gasteiger partial charge < -0.3 is 14.5 Å². The van der Waals surface area contributed by atoms with Crippen LogP contribution in [0.2, 0.25) is 0 Å². The number of anilines is 1. The zero-order valence-electron chi connectivity index (χ0n) is 18.8. The van der Waals surface area contributed by atoms with Crippen molar-refractivity contribution in [2.45, 2.75) is 51.6 Å². The Kier molecular flexibility index (Phi) is 7.37. The van der Waals surface area contributed by atoms with E-state index in [2.05, 4.69) is 16.0 Å². The van der Waals surface area contributed by atoms with Gasteiger partial charge in [-0.25, -0.2) is 4.79 Å². The van der Waals surface area contributed by atoms with Crippen molar-refractivity contribution in [2.75, 3.05) is 31.1 Å². The second-order valence-corrected chi connectivity index (χ2v) is 8.67. The zero-order chi connectivity index (χ0) is 22.3. The third kappa shape index (κ3) is 5.65. The molecule has 1 saturated heterocycles. The van der Waals surface area contributed by atoms with E-state index in [0.29, 0.717) is 18.8 Å². The minimum atomic E-state index is -0.325. The third-order valence-electron chi connectivity index (χ3n) is 6.36. The fourth-order valence-corrected chi connectivity index (χ4v) is 4.67. The maximum atomic E-state index is 12.6. The summed E-state index contributed by atoms with van der Waals surface area (Å²) in [5.74, 6) is 0.564. The molecule has 1 aromatic carbocycles. The molecule has 1 saturated carbocycles. The van der Waals surface area contributed by atoms with E-state index in [9.17, 15) is 9.59 Å². The number of carbonyl (C=O) groups is 2. The van der Waals surface area contributed by atoms with Crippen LogP contribution in [0, 0.1) is 0 Å². The van der Waals surface area contributed by atoms with Crippen LogP contribution in [0.3, 0.4) is 0 Å². The van der Waals surface area contributed by atoms with Crippen LogP contribution >= 0.6 is 0 Å². The lowest BCUT2D eigenvalue weighted by molar-refractivity contribution is -0.117. The standard InChI is InChI=1S/C25H32N4O3/c1-20(30)29(22-7-3-2-4-8-22)23-9-11-24(12-10-23)32-25(31)28-16-14-27(15-17-28)19-21-6-5-13-26-18-21/h5-6,9-13,18,22H,2-4,7-8,14-17,19H2,1H3. The number of rotatable bonds is 5. The largest absolute Gasteiger partial charge is 0.415 e. The lowest BCUT2D eigenvalue weighted by Gasteiger charge is -2.34. The van der Waals surface area contributed by atoms with Crippen LogP contribution in [0.1, 0.15) is 44.6 Å². The number of carbonyl (C=O) groups excluding carboxylic acids is 2. The number of ether oxygens (including phenoxy) is 1. The van der Waals surface area contributed by atoms with Gasteiger partial charge in [-0.05, 0) is 48.7 Å². The first-order chi connectivity index (χ1) is 15.6. The highest BCUT2D eigenvalue weighted by Gasteiger charge is 2.25. The van der Waals surface area contributed by atoms with Gasteiger partial charge in [0.15, 0.2) is 0 Å². The summed E-state index contributed by atoms with van der Waals surface area (Å²) in [5, 5.41) is 0. The summed E-state index contributed by atoms with van der Waals surface area (Å²) in [5.41, 5.74) is 2.05. The highest BCUT2D eigenvalue weighted by molar-refractivity contribution is 5.92. The van der Waals surface area contributed by atoms with E-state index in [1.165, 1.54) is 24.8 Å². The number of amides is 2. The minimum absolute atomic E-state index is 0.0609. The molecule has 1 aromatic heterocycles. The Morgan fingerprint density at radius 1 is 1.03 bits per heavy atom. The lowest BCUT2D eigenvalue weighted by atomic mass is 9.93. The summed E-state index contributed by atoms with van der Waals surface area (Å²) in [6.45, 7) is 5.34. The topological polar surface area (TPSA) is 66.0 Å². The van der Waals surface area contributed by atoms with Crippen molar-refractivity contribution in [3.05, 3.63) is 54.4 Å². The van der Waals surface area contributed by atoms with Crippen LogP contribution in [0.5, 0.6) is 5.75 Å². The van der Waals surface area contributed by atoms with Crippen molar-refractivity contribution in [3.8, 4) is 5.75 Å². The Morgan fingerprint density at radius 3 is 2.38 bits per heavy atom. The minimum Gasteiger partial charge on any atom is -0.410 e. The number of aromatic nitrogens is 1. The van der Waals surface area contributed by atoms with Crippen LogP contribution in [0.25, 0.3) is 0 Å². The number of hydrogen-bond acceptors (Lipinski definition) is 5. The van der Waals surface area contributed by atoms with E-state index < -0.39 is 0 Å². The Hall–Kier alpha value is -2.93.